The standard InChI is InChI=1S/C11H18BrN3O/c1-7(16)4-3-5-14-11-10(12)8(2)9(13)6-15-11/h6-7,16H,3-5,13H2,1-2H3,(H,14,15). The number of halogens is 1. The van der Waals surface area contributed by atoms with Gasteiger partial charge >= 0.3 is 0 Å². The molecule has 0 amide bonds. The van der Waals surface area contributed by atoms with Gasteiger partial charge in [-0.3, -0.25) is 0 Å². The number of aromatic nitrogens is 1. The van der Waals surface area contributed by atoms with Crippen LogP contribution in [0.25, 0.3) is 0 Å². The van der Waals surface area contributed by atoms with Crippen LogP contribution in [0.15, 0.2) is 10.7 Å². The first-order chi connectivity index (χ1) is 7.52. The number of nitrogens with zero attached hydrogens (tertiary/aromatic N) is 1. The summed E-state index contributed by atoms with van der Waals surface area (Å²) in [6.45, 7) is 4.53. The first-order valence-corrected chi connectivity index (χ1v) is 6.14. The molecule has 0 fully saturated rings. The summed E-state index contributed by atoms with van der Waals surface area (Å²) >= 11 is 3.46. The van der Waals surface area contributed by atoms with Crippen LogP contribution in [-0.2, 0) is 0 Å². The van der Waals surface area contributed by atoms with E-state index in [4.69, 9.17) is 10.8 Å². The number of nitrogens with two attached hydrogens (primary N) is 1. The Hall–Kier alpha value is -0.810. The van der Waals surface area contributed by atoms with Gasteiger partial charge in [-0.1, -0.05) is 0 Å². The third-order valence-corrected chi connectivity index (χ3v) is 3.36. The smallest absolute Gasteiger partial charge is 0.140 e. The van der Waals surface area contributed by atoms with Crippen molar-refractivity contribution in [1.29, 1.82) is 0 Å². The molecule has 5 heteroatoms. The topological polar surface area (TPSA) is 71.2 Å². The number of hydrogen-bond donors (Lipinski definition) is 3. The Bertz CT molecular complexity index is 355. The molecule has 1 aromatic heterocycles. The second-order valence-corrected chi connectivity index (χ2v) is 4.71. The van der Waals surface area contributed by atoms with Gasteiger partial charge in [0, 0.05) is 6.54 Å². The number of nitrogen functional groups attached to an aromatic ring is 1. The molecule has 0 aliphatic heterocycles. The molecule has 4 N–H and O–H groups in total. The lowest BCUT2D eigenvalue weighted by Gasteiger charge is -2.11. The molecule has 0 saturated heterocycles. The Morgan fingerprint density at radius 3 is 2.94 bits per heavy atom. The number of aliphatic hydroxyl groups excluding tert-OH is 1. The minimum Gasteiger partial charge on any atom is -0.397 e. The maximum absolute atomic E-state index is 9.12. The Morgan fingerprint density at radius 1 is 1.62 bits per heavy atom. The van der Waals surface area contributed by atoms with E-state index >= 15 is 0 Å². The molecule has 0 aromatic carbocycles. The van der Waals surface area contributed by atoms with Gasteiger partial charge in [0.05, 0.1) is 22.5 Å². The summed E-state index contributed by atoms with van der Waals surface area (Å²) < 4.78 is 0.907. The van der Waals surface area contributed by atoms with E-state index in [2.05, 4.69) is 26.2 Å². The van der Waals surface area contributed by atoms with E-state index in [1.165, 1.54) is 0 Å². The fraction of sp³-hybridized carbons (Fsp3) is 0.545. The molecule has 4 nitrogen and oxygen atoms in total. The largest absolute Gasteiger partial charge is 0.397 e. The van der Waals surface area contributed by atoms with Crippen molar-refractivity contribution in [3.63, 3.8) is 0 Å². The van der Waals surface area contributed by atoms with E-state index in [0.717, 1.165) is 35.2 Å². The zero-order valence-electron chi connectivity index (χ0n) is 9.63. The Balaban J connectivity index is 2.52. The van der Waals surface area contributed by atoms with Crippen molar-refractivity contribution in [2.24, 2.45) is 0 Å². The second-order valence-electron chi connectivity index (χ2n) is 3.92. The minimum absolute atomic E-state index is 0.244. The highest BCUT2D eigenvalue weighted by Gasteiger charge is 2.06. The number of pyridine rings is 1. The number of anilines is 2. The van der Waals surface area contributed by atoms with Crippen LogP contribution in [0.4, 0.5) is 11.5 Å². The molecule has 0 spiro atoms. The fourth-order valence-electron chi connectivity index (χ4n) is 1.32. The molecule has 1 aromatic rings. The molecule has 1 unspecified atom stereocenters. The number of aliphatic hydroxyl groups is 1. The van der Waals surface area contributed by atoms with Crippen molar-refractivity contribution in [2.45, 2.75) is 32.8 Å². The summed E-state index contributed by atoms with van der Waals surface area (Å²) in [5.74, 6) is 0.803. The third kappa shape index (κ3) is 3.64. The molecule has 0 aliphatic carbocycles. The predicted octanol–water partition coefficient (Wildman–Crippen LogP) is 2.31. The summed E-state index contributed by atoms with van der Waals surface area (Å²) in [5.41, 5.74) is 7.41. The average Bonchev–Trinajstić information content (AvgIpc) is 2.23. The van der Waals surface area contributed by atoms with Gasteiger partial charge in [0.1, 0.15) is 5.82 Å². The number of nitrogens with one attached hydrogen (secondary N) is 1. The zero-order chi connectivity index (χ0) is 12.1. The highest BCUT2D eigenvalue weighted by Crippen LogP contribution is 2.27. The molecule has 0 aliphatic rings. The Kier molecular flexibility index (Phi) is 5.02. The van der Waals surface area contributed by atoms with E-state index in [1.54, 1.807) is 13.1 Å². The maximum Gasteiger partial charge on any atom is 0.140 e. The van der Waals surface area contributed by atoms with Gasteiger partial charge in [0.2, 0.25) is 0 Å². The summed E-state index contributed by atoms with van der Waals surface area (Å²) in [5, 5.41) is 12.3. The van der Waals surface area contributed by atoms with E-state index in [0.29, 0.717) is 5.69 Å². The lowest BCUT2D eigenvalue weighted by Crippen LogP contribution is -2.08. The Morgan fingerprint density at radius 2 is 2.31 bits per heavy atom. The molecular formula is C11H18BrN3O. The zero-order valence-corrected chi connectivity index (χ0v) is 11.2. The molecule has 1 atom stereocenters. The number of rotatable bonds is 5. The van der Waals surface area contributed by atoms with Crippen molar-refractivity contribution in [1.82, 2.24) is 4.98 Å². The lowest BCUT2D eigenvalue weighted by molar-refractivity contribution is 0.183. The van der Waals surface area contributed by atoms with Gasteiger partial charge in [-0.2, -0.15) is 0 Å². The van der Waals surface area contributed by atoms with Gasteiger partial charge < -0.3 is 16.2 Å². The number of hydrogen-bond acceptors (Lipinski definition) is 4. The minimum atomic E-state index is -0.244. The van der Waals surface area contributed by atoms with Gasteiger partial charge in [-0.15, -0.1) is 0 Å². The van der Waals surface area contributed by atoms with Crippen molar-refractivity contribution in [3.8, 4) is 0 Å². The normalized spacial score (nSPS) is 12.5. The molecule has 16 heavy (non-hydrogen) atoms. The summed E-state index contributed by atoms with van der Waals surface area (Å²) in [7, 11) is 0. The van der Waals surface area contributed by atoms with Crippen molar-refractivity contribution < 1.29 is 5.11 Å². The summed E-state index contributed by atoms with van der Waals surface area (Å²) in [4.78, 5) is 4.21. The average molecular weight is 288 g/mol. The molecule has 0 radical (unpaired) electrons. The maximum atomic E-state index is 9.12. The van der Waals surface area contributed by atoms with Crippen LogP contribution >= 0.6 is 15.9 Å². The first-order valence-electron chi connectivity index (χ1n) is 5.35. The molecule has 90 valence electrons. The van der Waals surface area contributed by atoms with Crippen molar-refractivity contribution in [3.05, 3.63) is 16.2 Å². The van der Waals surface area contributed by atoms with Crippen molar-refractivity contribution >= 4 is 27.4 Å². The van der Waals surface area contributed by atoms with Gasteiger partial charge in [0.15, 0.2) is 0 Å². The summed E-state index contributed by atoms with van der Waals surface area (Å²) in [6, 6.07) is 0. The molecule has 0 saturated carbocycles. The van der Waals surface area contributed by atoms with E-state index in [1.807, 2.05) is 6.92 Å². The van der Waals surface area contributed by atoms with E-state index < -0.39 is 0 Å². The van der Waals surface area contributed by atoms with Crippen LogP contribution in [0.5, 0.6) is 0 Å². The molecular weight excluding hydrogens is 270 g/mol. The quantitative estimate of drug-likeness (QED) is 0.727. The van der Waals surface area contributed by atoms with E-state index in [9.17, 15) is 0 Å². The SMILES string of the molecule is Cc1c(N)cnc(NCCCC(C)O)c1Br. The predicted molar refractivity (Wildman–Crippen MR) is 70.5 cm³/mol. The monoisotopic (exact) mass is 287 g/mol. The van der Waals surface area contributed by atoms with Crippen LogP contribution in [0, 0.1) is 6.92 Å². The fourth-order valence-corrected chi connectivity index (χ4v) is 1.79. The van der Waals surface area contributed by atoms with Crippen LogP contribution in [0.1, 0.15) is 25.3 Å². The third-order valence-electron chi connectivity index (χ3n) is 2.39. The van der Waals surface area contributed by atoms with Crippen LogP contribution in [0.3, 0.4) is 0 Å². The molecule has 1 rings (SSSR count). The van der Waals surface area contributed by atoms with Crippen molar-refractivity contribution in [2.75, 3.05) is 17.6 Å². The highest BCUT2D eigenvalue weighted by molar-refractivity contribution is 9.10. The van der Waals surface area contributed by atoms with Gasteiger partial charge in [0.25, 0.3) is 0 Å². The van der Waals surface area contributed by atoms with Crippen LogP contribution in [-0.4, -0.2) is 22.7 Å². The first kappa shape index (κ1) is 13.3. The van der Waals surface area contributed by atoms with Gasteiger partial charge in [-0.25, -0.2) is 4.98 Å². The van der Waals surface area contributed by atoms with E-state index in [-0.39, 0.29) is 6.10 Å². The lowest BCUT2D eigenvalue weighted by atomic mass is 10.2. The highest BCUT2D eigenvalue weighted by atomic mass is 79.9. The van der Waals surface area contributed by atoms with Gasteiger partial charge in [-0.05, 0) is 48.2 Å². The Labute approximate surface area is 104 Å². The molecule has 1 heterocycles. The van der Waals surface area contributed by atoms with Crippen LogP contribution < -0.4 is 11.1 Å². The van der Waals surface area contributed by atoms with Crippen LogP contribution in [0.2, 0.25) is 0 Å². The second kappa shape index (κ2) is 6.06. The summed E-state index contributed by atoms with van der Waals surface area (Å²) in [6.07, 6.45) is 3.11. The molecule has 0 bridgehead atoms.